The summed E-state index contributed by atoms with van der Waals surface area (Å²) in [5.41, 5.74) is 0. The zero-order valence-corrected chi connectivity index (χ0v) is 23.1. The van der Waals surface area contributed by atoms with Gasteiger partial charge in [-0.15, -0.1) is 0 Å². The van der Waals surface area contributed by atoms with Gasteiger partial charge in [-0.1, -0.05) is 83.2 Å². The molecule has 2 aliphatic rings. The molecule has 2 aliphatic heterocycles. The third-order valence-corrected chi connectivity index (χ3v) is 8.01. The molecule has 0 aromatic heterocycles. The summed E-state index contributed by atoms with van der Waals surface area (Å²) in [5, 5.41) is 2.27. The third-order valence-electron chi connectivity index (χ3n) is 6.89. The summed E-state index contributed by atoms with van der Waals surface area (Å²) in [6.07, 6.45) is 24.5. The van der Waals surface area contributed by atoms with E-state index in [4.69, 9.17) is 14.2 Å². The summed E-state index contributed by atoms with van der Waals surface area (Å²) in [7, 11) is 0. The van der Waals surface area contributed by atoms with Gasteiger partial charge in [-0.25, -0.2) is 0 Å². The highest BCUT2D eigenvalue weighted by Crippen LogP contribution is 2.41. The average Bonchev–Trinajstić information content (AvgIpc) is 2.79. The van der Waals surface area contributed by atoms with Gasteiger partial charge in [-0.05, 0) is 51.4 Å². The fourth-order valence-electron chi connectivity index (χ4n) is 5.04. The quantitative estimate of drug-likeness (QED) is 0.122. The molecule has 2 unspecified atom stereocenters. The van der Waals surface area contributed by atoms with Crippen LogP contribution in [0, 0.1) is 0 Å². The number of halogens is 2. The van der Waals surface area contributed by atoms with Gasteiger partial charge in [0, 0.05) is 36.3 Å². The van der Waals surface area contributed by atoms with E-state index in [1.807, 2.05) is 0 Å². The Labute approximate surface area is 209 Å². The molecule has 5 heteroatoms. The molecule has 0 bridgehead atoms. The summed E-state index contributed by atoms with van der Waals surface area (Å²) < 4.78 is 19.7. The van der Waals surface area contributed by atoms with Crippen molar-refractivity contribution in [2.75, 3.05) is 23.9 Å². The second-order valence-electron chi connectivity index (χ2n) is 9.66. The van der Waals surface area contributed by atoms with Crippen LogP contribution in [0.1, 0.15) is 128 Å². The predicted molar refractivity (Wildman–Crippen MR) is 138 cm³/mol. The maximum Gasteiger partial charge on any atom is 0.171 e. The topological polar surface area (TPSA) is 27.7 Å². The van der Waals surface area contributed by atoms with Crippen molar-refractivity contribution >= 4 is 31.9 Å². The molecule has 0 aromatic carbocycles. The van der Waals surface area contributed by atoms with E-state index in [1.165, 1.54) is 103 Å². The summed E-state index contributed by atoms with van der Waals surface area (Å²) >= 11 is 7.07. The molecule has 31 heavy (non-hydrogen) atoms. The van der Waals surface area contributed by atoms with Crippen molar-refractivity contribution in [1.29, 1.82) is 0 Å². The van der Waals surface area contributed by atoms with Gasteiger partial charge in [0.25, 0.3) is 0 Å². The Hall–Kier alpha value is 0.840. The Balaban J connectivity index is 1.82. The molecule has 2 fully saturated rings. The summed E-state index contributed by atoms with van der Waals surface area (Å²) in [6.45, 7) is 1.68. The van der Waals surface area contributed by atoms with Crippen LogP contribution in [0.3, 0.4) is 0 Å². The van der Waals surface area contributed by atoms with Gasteiger partial charge in [-0.3, -0.25) is 0 Å². The van der Waals surface area contributed by atoms with Gasteiger partial charge in [0.1, 0.15) is 0 Å². The molecule has 0 amide bonds. The number of alkyl halides is 2. The Morgan fingerprint density at radius 3 is 1.26 bits per heavy atom. The smallest absolute Gasteiger partial charge is 0.171 e. The fraction of sp³-hybridized carbons (Fsp3) is 1.00. The van der Waals surface area contributed by atoms with Crippen LogP contribution < -0.4 is 0 Å². The second-order valence-corrected chi connectivity index (χ2v) is 11.2. The molecule has 0 spiro atoms. The predicted octanol–water partition coefficient (Wildman–Crippen LogP) is 9.05. The first-order valence-corrected chi connectivity index (χ1v) is 15.6. The Morgan fingerprint density at radius 1 is 0.516 bits per heavy atom. The molecule has 0 aliphatic carbocycles. The first-order valence-electron chi connectivity index (χ1n) is 13.3. The maximum atomic E-state index is 6.94. The van der Waals surface area contributed by atoms with E-state index in [9.17, 15) is 0 Å². The van der Waals surface area contributed by atoms with E-state index in [0.717, 1.165) is 49.6 Å². The van der Waals surface area contributed by atoms with Crippen LogP contribution in [0.4, 0.5) is 0 Å². The van der Waals surface area contributed by atoms with E-state index in [0.29, 0.717) is 0 Å². The Kier molecular flexibility index (Phi) is 15.7. The van der Waals surface area contributed by atoms with Gasteiger partial charge >= 0.3 is 0 Å². The van der Waals surface area contributed by atoms with E-state index < -0.39 is 11.6 Å². The van der Waals surface area contributed by atoms with Crippen molar-refractivity contribution < 1.29 is 14.2 Å². The molecule has 0 aromatic rings. The average molecular weight is 568 g/mol. The molecular weight excluding hydrogens is 520 g/mol. The molecule has 2 atom stereocenters. The third kappa shape index (κ3) is 11.7. The summed E-state index contributed by atoms with van der Waals surface area (Å²) in [6, 6.07) is 0. The lowest BCUT2D eigenvalue weighted by molar-refractivity contribution is -0.380. The highest BCUT2D eigenvalue weighted by molar-refractivity contribution is 9.09. The molecule has 0 N–H and O–H groups in total. The van der Waals surface area contributed by atoms with Gasteiger partial charge in [0.05, 0.1) is 13.2 Å². The monoisotopic (exact) mass is 566 g/mol. The van der Waals surface area contributed by atoms with Crippen molar-refractivity contribution in [1.82, 2.24) is 0 Å². The normalized spacial score (nSPS) is 26.9. The van der Waals surface area contributed by atoms with Gasteiger partial charge in [-0.2, -0.15) is 0 Å². The van der Waals surface area contributed by atoms with Crippen LogP contribution in [-0.2, 0) is 14.2 Å². The summed E-state index contributed by atoms with van der Waals surface area (Å²) in [5.74, 6) is -0.803. The number of hydrogen-bond acceptors (Lipinski definition) is 3. The Bertz CT molecular complexity index is 383. The minimum Gasteiger partial charge on any atom is -0.350 e. The minimum absolute atomic E-state index is 0.401. The number of unbranched alkanes of at least 4 members (excludes halogenated alkanes) is 10. The number of rotatable bonds is 18. The highest BCUT2D eigenvalue weighted by atomic mass is 79.9. The molecule has 3 nitrogen and oxygen atoms in total. The molecule has 2 rings (SSSR count). The molecule has 0 saturated carbocycles. The van der Waals surface area contributed by atoms with Crippen molar-refractivity contribution in [3.8, 4) is 0 Å². The standard InChI is InChI=1S/C26H48Br2O3/c27-21-13-7-3-1-5-9-17-25(19-11-15-23-29-25)31-26(20-12-16-24-30-26)18-10-6-2-4-8-14-22-28/h1-24H2. The maximum absolute atomic E-state index is 6.94. The zero-order chi connectivity index (χ0) is 22.1. The van der Waals surface area contributed by atoms with Gasteiger partial charge in [0.2, 0.25) is 0 Å². The lowest BCUT2D eigenvalue weighted by Gasteiger charge is -2.47. The molecule has 0 radical (unpaired) electrons. The number of hydrogen-bond donors (Lipinski definition) is 0. The first kappa shape index (κ1) is 28.1. The van der Waals surface area contributed by atoms with Crippen molar-refractivity contribution in [2.45, 2.75) is 140 Å². The molecule has 2 saturated heterocycles. The van der Waals surface area contributed by atoms with Crippen LogP contribution in [0.25, 0.3) is 0 Å². The first-order chi connectivity index (χ1) is 15.2. The van der Waals surface area contributed by atoms with Crippen molar-refractivity contribution in [3.63, 3.8) is 0 Å². The van der Waals surface area contributed by atoms with Gasteiger partial charge in [0.15, 0.2) is 11.6 Å². The van der Waals surface area contributed by atoms with Crippen LogP contribution in [0.2, 0.25) is 0 Å². The largest absolute Gasteiger partial charge is 0.350 e. The molecule has 2 heterocycles. The van der Waals surface area contributed by atoms with Crippen molar-refractivity contribution in [3.05, 3.63) is 0 Å². The fourth-order valence-corrected chi connectivity index (χ4v) is 5.83. The SMILES string of the molecule is BrCCCCCCCCC1(OC2(CCCCCCCCBr)CCCCO2)CCCCO1. The zero-order valence-electron chi connectivity index (χ0n) is 20.0. The lowest BCUT2D eigenvalue weighted by atomic mass is 9.94. The van der Waals surface area contributed by atoms with Crippen LogP contribution >= 0.6 is 31.9 Å². The highest BCUT2D eigenvalue weighted by Gasteiger charge is 2.44. The second kappa shape index (κ2) is 17.3. The van der Waals surface area contributed by atoms with Crippen molar-refractivity contribution in [2.24, 2.45) is 0 Å². The van der Waals surface area contributed by atoms with E-state index in [-0.39, 0.29) is 0 Å². The lowest BCUT2D eigenvalue weighted by Crippen LogP contribution is -2.51. The minimum atomic E-state index is -0.401. The molecule has 184 valence electrons. The van der Waals surface area contributed by atoms with Gasteiger partial charge < -0.3 is 14.2 Å². The number of ether oxygens (including phenoxy) is 3. The van der Waals surface area contributed by atoms with Crippen LogP contribution in [-0.4, -0.2) is 35.4 Å². The van der Waals surface area contributed by atoms with E-state index >= 15 is 0 Å². The van der Waals surface area contributed by atoms with Crippen LogP contribution in [0.15, 0.2) is 0 Å². The molecular formula is C26H48Br2O3. The van der Waals surface area contributed by atoms with E-state index in [1.54, 1.807) is 0 Å². The van der Waals surface area contributed by atoms with Crippen LogP contribution in [0.5, 0.6) is 0 Å². The Morgan fingerprint density at radius 2 is 0.903 bits per heavy atom. The summed E-state index contributed by atoms with van der Waals surface area (Å²) in [4.78, 5) is 0. The van der Waals surface area contributed by atoms with E-state index in [2.05, 4.69) is 31.9 Å².